The first-order valence-electron chi connectivity index (χ1n) is 10.4. The lowest BCUT2D eigenvalue weighted by Gasteiger charge is -2.17. The Morgan fingerprint density at radius 2 is 1.31 bits per heavy atom. The molecule has 0 unspecified atom stereocenters. The average molecular weight is 522 g/mol. The standard InChI is InChI=1S/C25H25F2NO7S/c1-31-20-11-8-16(7-6-15-12-21(32-2)24(34-4)22(13-15)33-3)23(25(20)35-5)28-36(29,30)17-9-10-18(26)19(27)14-17/h6-14,28H,1-5H3/b7-6-. The Labute approximate surface area is 208 Å². The minimum absolute atomic E-state index is 0.0327. The Morgan fingerprint density at radius 3 is 1.83 bits per heavy atom. The smallest absolute Gasteiger partial charge is 0.262 e. The van der Waals surface area contributed by atoms with Crippen LogP contribution in [-0.2, 0) is 10.0 Å². The number of halogens is 2. The van der Waals surface area contributed by atoms with Gasteiger partial charge in [0, 0.05) is 5.56 Å². The van der Waals surface area contributed by atoms with Gasteiger partial charge in [-0.05, 0) is 48.0 Å². The number of rotatable bonds is 10. The summed E-state index contributed by atoms with van der Waals surface area (Å²) in [7, 11) is 2.89. The molecule has 0 saturated carbocycles. The number of hydrogen-bond donors (Lipinski definition) is 1. The topological polar surface area (TPSA) is 92.3 Å². The molecule has 36 heavy (non-hydrogen) atoms. The van der Waals surface area contributed by atoms with E-state index in [-0.39, 0.29) is 17.2 Å². The highest BCUT2D eigenvalue weighted by molar-refractivity contribution is 7.92. The van der Waals surface area contributed by atoms with Crippen LogP contribution < -0.4 is 28.4 Å². The molecule has 0 amide bonds. The number of ether oxygens (including phenoxy) is 5. The number of benzene rings is 3. The Hall–Kier alpha value is -3.99. The zero-order chi connectivity index (χ0) is 26.5. The van der Waals surface area contributed by atoms with E-state index in [1.807, 2.05) is 0 Å². The minimum atomic E-state index is -4.33. The molecule has 1 N–H and O–H groups in total. The third-order valence-electron chi connectivity index (χ3n) is 5.16. The Morgan fingerprint density at radius 1 is 0.694 bits per heavy atom. The summed E-state index contributed by atoms with van der Waals surface area (Å²) >= 11 is 0. The summed E-state index contributed by atoms with van der Waals surface area (Å²) in [5.74, 6) is -0.824. The Kier molecular flexibility index (Phi) is 8.25. The van der Waals surface area contributed by atoms with Crippen LogP contribution in [0.15, 0.2) is 47.4 Å². The third-order valence-corrected chi connectivity index (χ3v) is 6.51. The minimum Gasteiger partial charge on any atom is -0.493 e. The summed E-state index contributed by atoms with van der Waals surface area (Å²) in [4.78, 5) is -0.467. The molecule has 0 saturated heterocycles. The summed E-state index contributed by atoms with van der Waals surface area (Å²) in [5.41, 5.74) is 1.09. The van der Waals surface area contributed by atoms with Gasteiger partial charge in [0.15, 0.2) is 34.6 Å². The molecule has 0 aromatic heterocycles. The monoisotopic (exact) mass is 521 g/mol. The molecule has 0 spiro atoms. The van der Waals surface area contributed by atoms with Crippen molar-refractivity contribution in [2.24, 2.45) is 0 Å². The molecule has 0 atom stereocenters. The fraction of sp³-hybridized carbons (Fsp3) is 0.200. The first-order valence-corrected chi connectivity index (χ1v) is 11.9. The van der Waals surface area contributed by atoms with Crippen LogP contribution in [0.3, 0.4) is 0 Å². The molecule has 11 heteroatoms. The largest absolute Gasteiger partial charge is 0.493 e. The molecule has 0 aliphatic carbocycles. The lowest BCUT2D eigenvalue weighted by atomic mass is 10.1. The van der Waals surface area contributed by atoms with E-state index in [4.69, 9.17) is 23.7 Å². The molecular formula is C25H25F2NO7S. The predicted molar refractivity (Wildman–Crippen MR) is 132 cm³/mol. The number of hydrogen-bond acceptors (Lipinski definition) is 7. The SMILES string of the molecule is COc1cc(/C=C\c2ccc(OC)c(OC)c2NS(=O)(=O)c2ccc(F)c(F)c2)cc(OC)c1OC. The summed E-state index contributed by atoms with van der Waals surface area (Å²) in [5, 5.41) is 0. The van der Waals surface area contributed by atoms with E-state index in [1.165, 1.54) is 35.5 Å². The van der Waals surface area contributed by atoms with E-state index >= 15 is 0 Å². The second-order valence-electron chi connectivity index (χ2n) is 7.24. The number of nitrogens with one attached hydrogen (secondary N) is 1. The van der Waals surface area contributed by atoms with E-state index in [0.717, 1.165) is 12.1 Å². The molecule has 0 radical (unpaired) electrons. The quantitative estimate of drug-likeness (QED) is 0.376. The van der Waals surface area contributed by atoms with Gasteiger partial charge in [-0.15, -0.1) is 0 Å². The van der Waals surface area contributed by atoms with Crippen molar-refractivity contribution in [3.05, 3.63) is 65.2 Å². The summed E-state index contributed by atoms with van der Waals surface area (Å²) in [6.45, 7) is 0. The molecule has 0 fully saturated rings. The van der Waals surface area contributed by atoms with Gasteiger partial charge in [0.05, 0.1) is 40.4 Å². The van der Waals surface area contributed by atoms with Crippen molar-refractivity contribution in [2.75, 3.05) is 40.3 Å². The Bertz CT molecular complexity index is 1370. The number of methoxy groups -OCH3 is 5. The maximum absolute atomic E-state index is 13.7. The van der Waals surface area contributed by atoms with Crippen LogP contribution in [0, 0.1) is 11.6 Å². The second kappa shape index (κ2) is 11.2. The third kappa shape index (κ3) is 5.46. The van der Waals surface area contributed by atoms with Crippen LogP contribution in [0.2, 0.25) is 0 Å². The van der Waals surface area contributed by atoms with Gasteiger partial charge in [0.1, 0.15) is 5.69 Å². The summed E-state index contributed by atoms with van der Waals surface area (Å²) in [6, 6.07) is 8.92. The van der Waals surface area contributed by atoms with Gasteiger partial charge in [-0.25, -0.2) is 17.2 Å². The highest BCUT2D eigenvalue weighted by Gasteiger charge is 2.22. The molecule has 0 aliphatic heterocycles. The first kappa shape index (κ1) is 26.6. The number of sulfonamides is 1. The highest BCUT2D eigenvalue weighted by atomic mass is 32.2. The van der Waals surface area contributed by atoms with Gasteiger partial charge in [-0.3, -0.25) is 4.72 Å². The van der Waals surface area contributed by atoms with Crippen molar-refractivity contribution in [1.82, 2.24) is 0 Å². The molecule has 3 aromatic rings. The lowest BCUT2D eigenvalue weighted by molar-refractivity contribution is 0.324. The van der Waals surface area contributed by atoms with Gasteiger partial charge in [0.25, 0.3) is 10.0 Å². The van der Waals surface area contributed by atoms with E-state index < -0.39 is 26.6 Å². The molecule has 192 valence electrons. The maximum atomic E-state index is 13.7. The van der Waals surface area contributed by atoms with Crippen LogP contribution >= 0.6 is 0 Å². The summed E-state index contributed by atoms with van der Waals surface area (Å²) in [6.07, 6.45) is 3.33. The maximum Gasteiger partial charge on any atom is 0.262 e. The normalized spacial score (nSPS) is 11.3. The van der Waals surface area contributed by atoms with Crippen molar-refractivity contribution in [1.29, 1.82) is 0 Å². The zero-order valence-electron chi connectivity index (χ0n) is 20.2. The van der Waals surface area contributed by atoms with Crippen molar-refractivity contribution in [3.63, 3.8) is 0 Å². The molecule has 0 aliphatic rings. The van der Waals surface area contributed by atoms with Crippen molar-refractivity contribution in [3.8, 4) is 28.7 Å². The van der Waals surface area contributed by atoms with Gasteiger partial charge in [0.2, 0.25) is 5.75 Å². The van der Waals surface area contributed by atoms with E-state index in [9.17, 15) is 17.2 Å². The zero-order valence-corrected chi connectivity index (χ0v) is 21.0. The average Bonchev–Trinajstić information content (AvgIpc) is 2.88. The van der Waals surface area contributed by atoms with Gasteiger partial charge in [-0.1, -0.05) is 12.2 Å². The molecule has 0 bridgehead atoms. The molecular weight excluding hydrogens is 496 g/mol. The lowest BCUT2D eigenvalue weighted by Crippen LogP contribution is -2.15. The fourth-order valence-corrected chi connectivity index (χ4v) is 4.51. The van der Waals surface area contributed by atoms with Gasteiger partial charge >= 0.3 is 0 Å². The van der Waals surface area contributed by atoms with Crippen LogP contribution in [0.1, 0.15) is 11.1 Å². The molecule has 3 aromatic carbocycles. The van der Waals surface area contributed by atoms with Crippen molar-refractivity contribution < 1.29 is 40.9 Å². The fourth-order valence-electron chi connectivity index (χ4n) is 3.41. The van der Waals surface area contributed by atoms with Gasteiger partial charge in [-0.2, -0.15) is 0 Å². The van der Waals surface area contributed by atoms with Crippen LogP contribution in [0.4, 0.5) is 14.5 Å². The van der Waals surface area contributed by atoms with E-state index in [0.29, 0.717) is 34.4 Å². The Balaban J connectivity index is 2.11. The second-order valence-corrected chi connectivity index (χ2v) is 8.92. The van der Waals surface area contributed by atoms with Crippen LogP contribution in [-0.4, -0.2) is 44.0 Å². The van der Waals surface area contributed by atoms with Gasteiger partial charge < -0.3 is 23.7 Å². The van der Waals surface area contributed by atoms with Crippen molar-refractivity contribution >= 4 is 27.9 Å². The summed E-state index contributed by atoms with van der Waals surface area (Å²) < 4.78 is 82.3. The van der Waals surface area contributed by atoms with Crippen molar-refractivity contribution in [2.45, 2.75) is 4.90 Å². The predicted octanol–water partition coefficient (Wildman–Crippen LogP) is 4.98. The first-order chi connectivity index (χ1) is 17.2. The molecule has 8 nitrogen and oxygen atoms in total. The van der Waals surface area contributed by atoms with E-state index in [1.54, 1.807) is 36.4 Å². The van der Waals surface area contributed by atoms with Crippen LogP contribution in [0.5, 0.6) is 28.7 Å². The number of anilines is 1. The molecule has 3 rings (SSSR count). The van der Waals surface area contributed by atoms with Crippen LogP contribution in [0.25, 0.3) is 12.2 Å². The molecule has 0 heterocycles. The highest BCUT2D eigenvalue weighted by Crippen LogP contribution is 2.41. The van der Waals surface area contributed by atoms with E-state index in [2.05, 4.69) is 4.72 Å².